The van der Waals surface area contributed by atoms with Crippen molar-refractivity contribution in [3.05, 3.63) is 29.8 Å². The van der Waals surface area contributed by atoms with E-state index in [9.17, 15) is 4.79 Å². The standard InChI is InChI=1S/C21H31N3O2S/c1-14(2)7-8-15(3)22-18(25)13-27-20-24-23-19(26-20)16-9-11-17(12-10-16)21(4,5)6/h9-12,14-15H,7-8,13H2,1-6H3,(H,22,25). The molecule has 1 aromatic carbocycles. The average Bonchev–Trinajstić information content (AvgIpc) is 3.06. The number of hydrogen-bond acceptors (Lipinski definition) is 5. The first kappa shape index (κ1) is 21.5. The first-order chi connectivity index (χ1) is 12.6. The van der Waals surface area contributed by atoms with Crippen LogP contribution >= 0.6 is 11.8 Å². The third-order valence-corrected chi connectivity index (χ3v) is 5.13. The molecule has 0 fully saturated rings. The summed E-state index contributed by atoms with van der Waals surface area (Å²) < 4.78 is 5.69. The lowest BCUT2D eigenvalue weighted by Gasteiger charge is -2.18. The van der Waals surface area contributed by atoms with Crippen LogP contribution in [0.4, 0.5) is 0 Å². The van der Waals surface area contributed by atoms with E-state index >= 15 is 0 Å². The molecule has 0 spiro atoms. The van der Waals surface area contributed by atoms with Crippen LogP contribution < -0.4 is 5.32 Å². The molecule has 1 N–H and O–H groups in total. The molecule has 2 rings (SSSR count). The van der Waals surface area contributed by atoms with Crippen LogP contribution in [0.1, 0.15) is 59.9 Å². The minimum absolute atomic E-state index is 0.00876. The van der Waals surface area contributed by atoms with Crippen LogP contribution in [-0.4, -0.2) is 27.9 Å². The smallest absolute Gasteiger partial charge is 0.277 e. The van der Waals surface area contributed by atoms with Gasteiger partial charge in [-0.2, -0.15) is 0 Å². The van der Waals surface area contributed by atoms with Gasteiger partial charge in [0.2, 0.25) is 11.8 Å². The molecule has 0 saturated carbocycles. The van der Waals surface area contributed by atoms with E-state index in [-0.39, 0.29) is 23.1 Å². The molecule has 1 amide bonds. The SMILES string of the molecule is CC(C)CCC(C)NC(=O)CSc1nnc(-c2ccc(C(C)(C)C)cc2)o1. The van der Waals surface area contributed by atoms with Crippen molar-refractivity contribution in [2.24, 2.45) is 5.92 Å². The van der Waals surface area contributed by atoms with Gasteiger partial charge in [-0.15, -0.1) is 10.2 Å². The van der Waals surface area contributed by atoms with Crippen molar-refractivity contribution >= 4 is 17.7 Å². The zero-order valence-electron chi connectivity index (χ0n) is 17.2. The van der Waals surface area contributed by atoms with Gasteiger partial charge in [0.15, 0.2) is 0 Å². The van der Waals surface area contributed by atoms with Gasteiger partial charge >= 0.3 is 0 Å². The van der Waals surface area contributed by atoms with Gasteiger partial charge in [-0.05, 0) is 48.8 Å². The lowest BCUT2D eigenvalue weighted by molar-refractivity contribution is -0.119. The number of nitrogens with zero attached hydrogens (tertiary/aromatic N) is 2. The molecule has 148 valence electrons. The number of benzene rings is 1. The molecule has 0 radical (unpaired) electrons. The molecule has 0 aliphatic heterocycles. The Labute approximate surface area is 166 Å². The van der Waals surface area contributed by atoms with Crippen LogP contribution in [0.5, 0.6) is 0 Å². The summed E-state index contributed by atoms with van der Waals surface area (Å²) >= 11 is 1.27. The molecule has 0 bridgehead atoms. The quantitative estimate of drug-likeness (QED) is 0.639. The zero-order valence-corrected chi connectivity index (χ0v) is 18.0. The number of nitrogens with one attached hydrogen (secondary N) is 1. The summed E-state index contributed by atoms with van der Waals surface area (Å²) in [6, 6.07) is 8.33. The second-order valence-corrected chi connectivity index (χ2v) is 9.36. The van der Waals surface area contributed by atoms with Gasteiger partial charge in [-0.25, -0.2) is 0 Å². The van der Waals surface area contributed by atoms with E-state index in [0.717, 1.165) is 18.4 Å². The van der Waals surface area contributed by atoms with Gasteiger partial charge in [0.1, 0.15) is 0 Å². The number of rotatable bonds is 8. The third-order valence-electron chi connectivity index (χ3n) is 4.32. The molecular weight excluding hydrogens is 358 g/mol. The monoisotopic (exact) mass is 389 g/mol. The Bertz CT molecular complexity index is 733. The molecule has 0 aliphatic carbocycles. The van der Waals surface area contributed by atoms with Crippen molar-refractivity contribution in [2.75, 3.05) is 5.75 Å². The number of hydrogen-bond donors (Lipinski definition) is 1. The van der Waals surface area contributed by atoms with E-state index in [2.05, 4.69) is 62.3 Å². The van der Waals surface area contributed by atoms with Crippen LogP contribution in [0.2, 0.25) is 0 Å². The Balaban J connectivity index is 1.86. The zero-order chi connectivity index (χ0) is 20.0. The predicted octanol–water partition coefficient (Wildman–Crippen LogP) is 5.07. The number of carbonyl (C=O) groups is 1. The number of carbonyl (C=O) groups excluding carboxylic acids is 1. The summed E-state index contributed by atoms with van der Waals surface area (Å²) in [5, 5.41) is 11.6. The molecule has 5 nitrogen and oxygen atoms in total. The molecular formula is C21H31N3O2S. The van der Waals surface area contributed by atoms with E-state index < -0.39 is 0 Å². The Hall–Kier alpha value is -1.82. The van der Waals surface area contributed by atoms with Crippen molar-refractivity contribution in [1.82, 2.24) is 15.5 Å². The van der Waals surface area contributed by atoms with Crippen LogP contribution in [0.3, 0.4) is 0 Å². The highest BCUT2D eigenvalue weighted by atomic mass is 32.2. The van der Waals surface area contributed by atoms with Gasteiger partial charge in [-0.3, -0.25) is 4.79 Å². The van der Waals surface area contributed by atoms with Gasteiger partial charge in [0.05, 0.1) is 5.75 Å². The summed E-state index contributed by atoms with van der Waals surface area (Å²) in [6.45, 7) is 13.0. The first-order valence-electron chi connectivity index (χ1n) is 9.51. The molecule has 6 heteroatoms. The van der Waals surface area contributed by atoms with Gasteiger partial charge in [-0.1, -0.05) is 58.5 Å². The summed E-state index contributed by atoms with van der Waals surface area (Å²) in [5.41, 5.74) is 2.24. The lowest BCUT2D eigenvalue weighted by atomic mass is 9.87. The number of amides is 1. The second kappa shape index (κ2) is 9.40. The van der Waals surface area contributed by atoms with Crippen molar-refractivity contribution in [3.8, 4) is 11.5 Å². The Morgan fingerprint density at radius 2 is 1.78 bits per heavy atom. The fourth-order valence-electron chi connectivity index (χ4n) is 2.60. The number of aromatic nitrogens is 2. The Morgan fingerprint density at radius 3 is 2.37 bits per heavy atom. The van der Waals surface area contributed by atoms with E-state index in [1.54, 1.807) is 0 Å². The van der Waals surface area contributed by atoms with Gasteiger partial charge < -0.3 is 9.73 Å². The summed E-state index contributed by atoms with van der Waals surface area (Å²) in [5.74, 6) is 1.39. The highest BCUT2D eigenvalue weighted by molar-refractivity contribution is 7.99. The van der Waals surface area contributed by atoms with E-state index in [1.807, 2.05) is 19.1 Å². The molecule has 1 aromatic heterocycles. The van der Waals surface area contributed by atoms with Gasteiger partial charge in [0.25, 0.3) is 5.22 Å². The predicted molar refractivity (Wildman–Crippen MR) is 111 cm³/mol. The summed E-state index contributed by atoms with van der Waals surface area (Å²) in [4.78, 5) is 12.1. The molecule has 2 aromatic rings. The van der Waals surface area contributed by atoms with Crippen LogP contribution in [0.15, 0.2) is 33.9 Å². The van der Waals surface area contributed by atoms with Crippen molar-refractivity contribution in [2.45, 2.75) is 71.1 Å². The minimum atomic E-state index is -0.00876. The topological polar surface area (TPSA) is 68.0 Å². The lowest BCUT2D eigenvalue weighted by Crippen LogP contribution is -2.34. The fraction of sp³-hybridized carbons (Fsp3) is 0.571. The Kier molecular flexibility index (Phi) is 7.48. The maximum Gasteiger partial charge on any atom is 0.277 e. The molecule has 1 heterocycles. The first-order valence-corrected chi connectivity index (χ1v) is 10.5. The molecule has 0 saturated heterocycles. The molecule has 1 atom stereocenters. The normalized spacial score (nSPS) is 13.0. The number of thioether (sulfide) groups is 1. The maximum atomic E-state index is 12.1. The van der Waals surface area contributed by atoms with Crippen molar-refractivity contribution in [1.29, 1.82) is 0 Å². The minimum Gasteiger partial charge on any atom is -0.411 e. The van der Waals surface area contributed by atoms with Crippen LogP contribution in [0, 0.1) is 5.92 Å². The molecule has 1 unspecified atom stereocenters. The largest absolute Gasteiger partial charge is 0.411 e. The fourth-order valence-corrected chi connectivity index (χ4v) is 3.17. The highest BCUT2D eigenvalue weighted by Gasteiger charge is 2.16. The summed E-state index contributed by atoms with van der Waals surface area (Å²) in [6.07, 6.45) is 2.10. The average molecular weight is 390 g/mol. The van der Waals surface area contributed by atoms with Crippen LogP contribution in [-0.2, 0) is 10.2 Å². The van der Waals surface area contributed by atoms with E-state index in [0.29, 0.717) is 17.0 Å². The van der Waals surface area contributed by atoms with E-state index in [1.165, 1.54) is 17.3 Å². The molecule has 0 aliphatic rings. The maximum absolute atomic E-state index is 12.1. The van der Waals surface area contributed by atoms with Crippen LogP contribution in [0.25, 0.3) is 11.5 Å². The van der Waals surface area contributed by atoms with Crippen molar-refractivity contribution in [3.63, 3.8) is 0 Å². The Morgan fingerprint density at radius 1 is 1.11 bits per heavy atom. The highest BCUT2D eigenvalue weighted by Crippen LogP contribution is 2.27. The van der Waals surface area contributed by atoms with E-state index in [4.69, 9.17) is 4.42 Å². The molecule has 27 heavy (non-hydrogen) atoms. The van der Waals surface area contributed by atoms with Crippen molar-refractivity contribution < 1.29 is 9.21 Å². The third kappa shape index (κ3) is 7.01. The summed E-state index contributed by atoms with van der Waals surface area (Å²) in [7, 11) is 0. The second-order valence-electron chi connectivity index (χ2n) is 8.43. The van der Waals surface area contributed by atoms with Gasteiger partial charge in [0, 0.05) is 11.6 Å².